The van der Waals surface area contributed by atoms with Gasteiger partial charge >= 0.3 is 0 Å². The van der Waals surface area contributed by atoms with Crippen molar-refractivity contribution in [3.05, 3.63) is 70.0 Å². The van der Waals surface area contributed by atoms with Crippen LogP contribution in [0.3, 0.4) is 0 Å². The van der Waals surface area contributed by atoms with E-state index in [4.69, 9.17) is 0 Å². The molecule has 0 saturated heterocycles. The Hall–Kier alpha value is -3.06. The number of carbonyl (C=O) groups is 2. The van der Waals surface area contributed by atoms with Crippen molar-refractivity contribution in [3.8, 4) is 5.13 Å². The maximum Gasteiger partial charge on any atom is 0.282 e. The highest BCUT2D eigenvalue weighted by molar-refractivity contribution is 7.12. The third-order valence-electron chi connectivity index (χ3n) is 4.17. The molecule has 0 aliphatic carbocycles. The summed E-state index contributed by atoms with van der Waals surface area (Å²) < 4.78 is 2.02. The summed E-state index contributed by atoms with van der Waals surface area (Å²) in [5, 5.41) is 7.85. The highest BCUT2D eigenvalue weighted by Crippen LogP contribution is 2.24. The maximum atomic E-state index is 12.4. The molecule has 124 valence electrons. The van der Waals surface area contributed by atoms with E-state index in [1.807, 2.05) is 29.9 Å². The predicted molar refractivity (Wildman–Crippen MR) is 95.5 cm³/mol. The van der Waals surface area contributed by atoms with Gasteiger partial charge in [0.05, 0.1) is 17.3 Å². The van der Waals surface area contributed by atoms with E-state index in [9.17, 15) is 9.59 Å². The molecule has 0 radical (unpaired) electrons. The van der Waals surface area contributed by atoms with Gasteiger partial charge in [0.2, 0.25) is 0 Å². The van der Waals surface area contributed by atoms with Gasteiger partial charge in [0.25, 0.3) is 11.8 Å². The molecule has 0 bridgehead atoms. The third-order valence-corrected chi connectivity index (χ3v) is 4.92. The van der Waals surface area contributed by atoms with Crippen molar-refractivity contribution in [2.45, 2.75) is 13.8 Å². The van der Waals surface area contributed by atoms with Crippen molar-refractivity contribution >= 4 is 29.4 Å². The molecule has 25 heavy (non-hydrogen) atoms. The molecule has 0 saturated carbocycles. The lowest BCUT2D eigenvalue weighted by molar-refractivity contribution is 0.0660. The molecule has 2 aromatic heterocycles. The van der Waals surface area contributed by atoms with Gasteiger partial charge in [-0.25, -0.2) is 4.98 Å². The zero-order chi connectivity index (χ0) is 17.6. The fourth-order valence-electron chi connectivity index (χ4n) is 2.94. The Morgan fingerprint density at radius 3 is 2.40 bits per heavy atom. The van der Waals surface area contributed by atoms with Gasteiger partial charge in [-0.2, -0.15) is 10.1 Å². The fourth-order valence-corrected chi connectivity index (χ4v) is 3.69. The quantitative estimate of drug-likeness (QED) is 0.538. The normalized spacial score (nSPS) is 13.9. The van der Waals surface area contributed by atoms with Crippen LogP contribution < -0.4 is 0 Å². The average Bonchev–Trinajstić information content (AvgIpc) is 3.28. The lowest BCUT2D eigenvalue weighted by atomic mass is 10.1. The van der Waals surface area contributed by atoms with Gasteiger partial charge in [-0.3, -0.25) is 14.2 Å². The van der Waals surface area contributed by atoms with Gasteiger partial charge in [-0.1, -0.05) is 12.1 Å². The number of carbonyl (C=O) groups excluding carboxylic acids is 2. The van der Waals surface area contributed by atoms with Crippen LogP contribution in [0.5, 0.6) is 0 Å². The zero-order valence-electron chi connectivity index (χ0n) is 13.6. The minimum absolute atomic E-state index is 0.387. The summed E-state index contributed by atoms with van der Waals surface area (Å²) in [4.78, 5) is 29.0. The summed E-state index contributed by atoms with van der Waals surface area (Å²) >= 11 is 1.54. The van der Waals surface area contributed by atoms with Crippen molar-refractivity contribution in [1.82, 2.24) is 14.6 Å². The Morgan fingerprint density at radius 2 is 1.80 bits per heavy atom. The number of hydrogen-bond acceptors (Lipinski definition) is 5. The SMILES string of the molecule is Cc1cc(/C=N\N2C(=O)c3ccccc3C2=O)c(C)n1-c1nccs1. The highest BCUT2D eigenvalue weighted by Gasteiger charge is 2.35. The molecule has 0 spiro atoms. The molecule has 2 amide bonds. The molecular weight excluding hydrogens is 336 g/mol. The molecule has 3 aromatic rings. The number of aromatic nitrogens is 2. The van der Waals surface area contributed by atoms with E-state index in [1.54, 1.807) is 48.0 Å². The highest BCUT2D eigenvalue weighted by atomic mass is 32.1. The summed E-state index contributed by atoms with van der Waals surface area (Å²) in [5.74, 6) is -0.795. The smallest absolute Gasteiger partial charge is 0.282 e. The van der Waals surface area contributed by atoms with E-state index in [0.29, 0.717) is 11.1 Å². The number of hydrogen-bond donors (Lipinski definition) is 0. The molecule has 0 unspecified atom stereocenters. The number of benzene rings is 1. The maximum absolute atomic E-state index is 12.4. The standard InChI is InChI=1S/C18H14N4O2S/c1-11-9-13(12(2)21(11)18-19-7-8-25-18)10-20-22-16(23)14-5-3-4-6-15(14)17(22)24/h3-10H,1-2H3/b20-10-. The average molecular weight is 350 g/mol. The fraction of sp³-hybridized carbons (Fsp3) is 0.111. The Kier molecular flexibility index (Phi) is 3.58. The Morgan fingerprint density at radius 1 is 1.12 bits per heavy atom. The summed E-state index contributed by atoms with van der Waals surface area (Å²) in [6, 6.07) is 8.70. The first kappa shape index (κ1) is 15.5. The number of rotatable bonds is 3. The van der Waals surface area contributed by atoms with E-state index in [1.165, 1.54) is 0 Å². The zero-order valence-corrected chi connectivity index (χ0v) is 14.4. The molecule has 7 heteroatoms. The molecule has 1 aromatic carbocycles. The number of amides is 2. The molecule has 4 rings (SSSR count). The Bertz CT molecular complexity index is 983. The molecule has 1 aliphatic heterocycles. The first-order valence-electron chi connectivity index (χ1n) is 7.68. The van der Waals surface area contributed by atoms with Crippen LogP contribution in [0.2, 0.25) is 0 Å². The van der Waals surface area contributed by atoms with Crippen LogP contribution in [0.15, 0.2) is 47.0 Å². The predicted octanol–water partition coefficient (Wildman–Crippen LogP) is 3.18. The van der Waals surface area contributed by atoms with Crippen LogP contribution >= 0.6 is 11.3 Å². The number of imide groups is 1. The van der Waals surface area contributed by atoms with E-state index in [0.717, 1.165) is 27.1 Å². The second-order valence-electron chi connectivity index (χ2n) is 5.69. The monoisotopic (exact) mass is 350 g/mol. The first-order chi connectivity index (χ1) is 12.1. The third kappa shape index (κ3) is 2.40. The summed E-state index contributed by atoms with van der Waals surface area (Å²) in [6.07, 6.45) is 3.31. The number of hydrazone groups is 1. The molecule has 1 aliphatic rings. The van der Waals surface area contributed by atoms with Crippen molar-refractivity contribution < 1.29 is 9.59 Å². The lowest BCUT2D eigenvalue weighted by Crippen LogP contribution is -2.24. The van der Waals surface area contributed by atoms with Gasteiger partial charge < -0.3 is 0 Å². The van der Waals surface area contributed by atoms with Crippen LogP contribution in [0.25, 0.3) is 5.13 Å². The molecule has 0 N–H and O–H groups in total. The molecule has 0 atom stereocenters. The molecule has 6 nitrogen and oxygen atoms in total. The molecule has 0 fully saturated rings. The minimum Gasteiger partial charge on any atom is -0.294 e. The largest absolute Gasteiger partial charge is 0.294 e. The van der Waals surface area contributed by atoms with Crippen molar-refractivity contribution in [2.75, 3.05) is 0 Å². The number of thiazole rings is 1. The van der Waals surface area contributed by atoms with Crippen molar-refractivity contribution in [1.29, 1.82) is 0 Å². The minimum atomic E-state index is -0.398. The van der Waals surface area contributed by atoms with Crippen LogP contribution in [0.4, 0.5) is 0 Å². The number of aryl methyl sites for hydroxylation is 1. The topological polar surface area (TPSA) is 67.6 Å². The van der Waals surface area contributed by atoms with Crippen LogP contribution in [0.1, 0.15) is 37.7 Å². The first-order valence-corrected chi connectivity index (χ1v) is 8.56. The van der Waals surface area contributed by atoms with Gasteiger partial charge in [-0.15, -0.1) is 11.3 Å². The Labute approximate surface area is 148 Å². The van der Waals surface area contributed by atoms with Crippen LogP contribution in [-0.2, 0) is 0 Å². The van der Waals surface area contributed by atoms with Gasteiger partial charge in [0.1, 0.15) is 0 Å². The van der Waals surface area contributed by atoms with E-state index in [2.05, 4.69) is 10.1 Å². The van der Waals surface area contributed by atoms with E-state index >= 15 is 0 Å². The summed E-state index contributed by atoms with van der Waals surface area (Å²) in [7, 11) is 0. The lowest BCUT2D eigenvalue weighted by Gasteiger charge is -2.06. The summed E-state index contributed by atoms with van der Waals surface area (Å²) in [5.41, 5.74) is 3.57. The van der Waals surface area contributed by atoms with Crippen molar-refractivity contribution in [3.63, 3.8) is 0 Å². The molecular formula is C18H14N4O2S. The van der Waals surface area contributed by atoms with Gasteiger partial charge in [0.15, 0.2) is 5.13 Å². The van der Waals surface area contributed by atoms with E-state index < -0.39 is 11.8 Å². The van der Waals surface area contributed by atoms with E-state index in [-0.39, 0.29) is 0 Å². The van der Waals surface area contributed by atoms with Crippen molar-refractivity contribution in [2.24, 2.45) is 5.10 Å². The number of fused-ring (bicyclic) bond motifs is 1. The Balaban J connectivity index is 1.67. The van der Waals surface area contributed by atoms with Gasteiger partial charge in [-0.05, 0) is 32.0 Å². The van der Waals surface area contributed by atoms with Crippen LogP contribution in [0, 0.1) is 13.8 Å². The second kappa shape index (κ2) is 5.78. The molecule has 3 heterocycles. The van der Waals surface area contributed by atoms with Gasteiger partial charge in [0, 0.05) is 28.5 Å². The second-order valence-corrected chi connectivity index (χ2v) is 6.56. The van der Waals surface area contributed by atoms with Crippen LogP contribution in [-0.4, -0.2) is 32.6 Å². The summed E-state index contributed by atoms with van der Waals surface area (Å²) in [6.45, 7) is 3.94. The number of nitrogens with zero attached hydrogens (tertiary/aromatic N) is 4.